The third kappa shape index (κ3) is 3.36. The lowest BCUT2D eigenvalue weighted by Crippen LogP contribution is -2.44. The lowest BCUT2D eigenvalue weighted by Gasteiger charge is -2.38. The average molecular weight is 182 g/mol. The summed E-state index contributed by atoms with van der Waals surface area (Å²) in [5.74, 6) is 0.134. The van der Waals surface area contributed by atoms with E-state index in [0.29, 0.717) is 6.04 Å². The molecule has 0 amide bonds. The van der Waals surface area contributed by atoms with Crippen LogP contribution in [0.5, 0.6) is 0 Å². The van der Waals surface area contributed by atoms with E-state index in [-0.39, 0.29) is 11.3 Å². The average Bonchev–Trinajstić information content (AvgIpc) is 1.96. The van der Waals surface area contributed by atoms with Crippen molar-refractivity contribution in [2.75, 3.05) is 14.1 Å². The Kier molecular flexibility index (Phi) is 4.43. The van der Waals surface area contributed by atoms with Crippen LogP contribution in [0.4, 0.5) is 0 Å². The highest BCUT2D eigenvalue weighted by atomic mass is 15.1. The Hall–Kier alpha value is -0.550. The van der Waals surface area contributed by atoms with E-state index in [1.807, 2.05) is 0 Å². The third-order valence-corrected chi connectivity index (χ3v) is 2.43. The van der Waals surface area contributed by atoms with Gasteiger partial charge in [-0.25, -0.2) is 0 Å². The van der Waals surface area contributed by atoms with Gasteiger partial charge in [-0.05, 0) is 25.9 Å². The monoisotopic (exact) mass is 182 g/mol. The summed E-state index contributed by atoms with van der Waals surface area (Å²) in [5.41, 5.74) is 0.167. The quantitative estimate of drug-likeness (QED) is 0.670. The Morgan fingerprint density at radius 1 is 1.31 bits per heavy atom. The normalized spacial score (nSPS) is 16.8. The molecule has 0 rings (SSSR count). The van der Waals surface area contributed by atoms with Crippen LogP contribution in [0.1, 0.15) is 34.1 Å². The van der Waals surface area contributed by atoms with Crippen LogP contribution >= 0.6 is 0 Å². The summed E-state index contributed by atoms with van der Waals surface area (Å²) < 4.78 is 0. The standard InChI is InChI=1S/C11H22N2/c1-7-9(8-12)10(13(5)6)11(2,3)4/h9-10H,7H2,1-6H3. The van der Waals surface area contributed by atoms with Gasteiger partial charge < -0.3 is 4.90 Å². The van der Waals surface area contributed by atoms with Crippen molar-refractivity contribution in [3.05, 3.63) is 0 Å². The molecular weight excluding hydrogens is 160 g/mol. The van der Waals surface area contributed by atoms with E-state index in [1.54, 1.807) is 0 Å². The fraction of sp³-hybridized carbons (Fsp3) is 0.909. The van der Waals surface area contributed by atoms with Gasteiger partial charge in [0.05, 0.1) is 12.0 Å². The van der Waals surface area contributed by atoms with E-state index in [4.69, 9.17) is 5.26 Å². The van der Waals surface area contributed by atoms with Crippen molar-refractivity contribution in [3.8, 4) is 6.07 Å². The van der Waals surface area contributed by atoms with E-state index in [1.165, 1.54) is 0 Å². The van der Waals surface area contributed by atoms with E-state index in [0.717, 1.165) is 6.42 Å². The van der Waals surface area contributed by atoms with Gasteiger partial charge in [-0.3, -0.25) is 0 Å². The molecule has 2 unspecified atom stereocenters. The Labute approximate surface area is 82.5 Å². The zero-order valence-electron chi connectivity index (χ0n) is 9.76. The highest BCUT2D eigenvalue weighted by Gasteiger charge is 2.32. The molecule has 0 saturated heterocycles. The summed E-state index contributed by atoms with van der Waals surface area (Å²) in [7, 11) is 4.10. The first-order valence-electron chi connectivity index (χ1n) is 4.90. The molecule has 0 spiro atoms. The van der Waals surface area contributed by atoms with Crippen LogP contribution in [0.25, 0.3) is 0 Å². The van der Waals surface area contributed by atoms with Crippen molar-refractivity contribution >= 4 is 0 Å². The first kappa shape index (κ1) is 12.4. The maximum absolute atomic E-state index is 9.03. The fourth-order valence-corrected chi connectivity index (χ4v) is 2.12. The summed E-state index contributed by atoms with van der Waals surface area (Å²) in [6, 6.07) is 2.73. The molecule has 0 aliphatic rings. The van der Waals surface area contributed by atoms with Crippen molar-refractivity contribution in [1.29, 1.82) is 5.26 Å². The lowest BCUT2D eigenvalue weighted by molar-refractivity contribution is 0.113. The SMILES string of the molecule is CCC(C#N)C(N(C)C)C(C)(C)C. The van der Waals surface area contributed by atoms with Crippen molar-refractivity contribution in [2.45, 2.75) is 40.2 Å². The second kappa shape index (κ2) is 4.62. The van der Waals surface area contributed by atoms with Gasteiger partial charge >= 0.3 is 0 Å². The molecule has 0 aromatic carbocycles. The van der Waals surface area contributed by atoms with Gasteiger partial charge in [0.1, 0.15) is 0 Å². The summed E-state index contributed by atoms with van der Waals surface area (Å²) in [6.45, 7) is 8.66. The summed E-state index contributed by atoms with van der Waals surface area (Å²) in [5, 5.41) is 9.03. The smallest absolute Gasteiger partial charge is 0.0672 e. The minimum atomic E-state index is 0.134. The highest BCUT2D eigenvalue weighted by Crippen LogP contribution is 2.30. The van der Waals surface area contributed by atoms with Crippen LogP contribution in [0.2, 0.25) is 0 Å². The Morgan fingerprint density at radius 3 is 1.85 bits per heavy atom. The van der Waals surface area contributed by atoms with E-state index >= 15 is 0 Å². The third-order valence-electron chi connectivity index (χ3n) is 2.43. The van der Waals surface area contributed by atoms with Gasteiger partial charge in [-0.2, -0.15) is 5.26 Å². The van der Waals surface area contributed by atoms with Gasteiger partial charge in [-0.15, -0.1) is 0 Å². The molecule has 0 N–H and O–H groups in total. The zero-order valence-corrected chi connectivity index (χ0v) is 9.76. The summed E-state index contributed by atoms with van der Waals surface area (Å²) in [4.78, 5) is 2.16. The molecule has 13 heavy (non-hydrogen) atoms. The largest absolute Gasteiger partial charge is 0.305 e. The number of hydrogen-bond acceptors (Lipinski definition) is 2. The van der Waals surface area contributed by atoms with E-state index < -0.39 is 0 Å². The predicted molar refractivity (Wildman–Crippen MR) is 56.3 cm³/mol. The second-order valence-corrected chi connectivity index (χ2v) is 4.92. The first-order valence-corrected chi connectivity index (χ1v) is 4.90. The van der Waals surface area contributed by atoms with Crippen LogP contribution in [0, 0.1) is 22.7 Å². The van der Waals surface area contributed by atoms with Crippen molar-refractivity contribution in [3.63, 3.8) is 0 Å². The summed E-state index contributed by atoms with van der Waals surface area (Å²) in [6.07, 6.45) is 0.927. The van der Waals surface area contributed by atoms with Crippen LogP contribution in [-0.4, -0.2) is 25.0 Å². The number of nitriles is 1. The minimum Gasteiger partial charge on any atom is -0.305 e. The zero-order chi connectivity index (χ0) is 10.6. The highest BCUT2D eigenvalue weighted by molar-refractivity contribution is 4.96. The summed E-state index contributed by atoms with van der Waals surface area (Å²) >= 11 is 0. The number of hydrogen-bond donors (Lipinski definition) is 0. The van der Waals surface area contributed by atoms with Gasteiger partial charge in [0.15, 0.2) is 0 Å². The molecule has 2 atom stereocenters. The molecule has 0 aromatic rings. The van der Waals surface area contributed by atoms with Crippen molar-refractivity contribution in [2.24, 2.45) is 11.3 Å². The van der Waals surface area contributed by atoms with Crippen LogP contribution in [0.3, 0.4) is 0 Å². The molecule has 0 aliphatic heterocycles. The first-order chi connectivity index (χ1) is 5.84. The predicted octanol–water partition coefficient (Wildman–Crippen LogP) is 2.51. The minimum absolute atomic E-state index is 0.134. The van der Waals surface area contributed by atoms with Crippen molar-refractivity contribution in [1.82, 2.24) is 4.90 Å². The molecule has 0 fully saturated rings. The Morgan fingerprint density at radius 2 is 1.77 bits per heavy atom. The molecule has 0 saturated carbocycles. The Balaban J connectivity index is 4.72. The molecule has 0 bridgehead atoms. The van der Waals surface area contributed by atoms with Gasteiger partial charge in [-0.1, -0.05) is 27.7 Å². The Bertz CT molecular complexity index is 183. The molecule has 0 radical (unpaired) electrons. The fourth-order valence-electron chi connectivity index (χ4n) is 2.12. The second-order valence-electron chi connectivity index (χ2n) is 4.92. The molecule has 2 heteroatoms. The topological polar surface area (TPSA) is 27.0 Å². The van der Waals surface area contributed by atoms with Gasteiger partial charge in [0, 0.05) is 6.04 Å². The van der Waals surface area contributed by atoms with E-state index in [9.17, 15) is 0 Å². The van der Waals surface area contributed by atoms with Gasteiger partial charge in [0.25, 0.3) is 0 Å². The molecule has 2 nitrogen and oxygen atoms in total. The number of nitrogens with zero attached hydrogens (tertiary/aromatic N) is 2. The molecule has 0 aliphatic carbocycles. The van der Waals surface area contributed by atoms with E-state index in [2.05, 4.69) is 52.8 Å². The molecule has 0 aromatic heterocycles. The molecule has 76 valence electrons. The van der Waals surface area contributed by atoms with Crippen LogP contribution < -0.4 is 0 Å². The molecule has 0 heterocycles. The van der Waals surface area contributed by atoms with Gasteiger partial charge in [0.2, 0.25) is 0 Å². The molecular formula is C11H22N2. The van der Waals surface area contributed by atoms with Crippen LogP contribution in [0.15, 0.2) is 0 Å². The lowest BCUT2D eigenvalue weighted by atomic mass is 9.78. The number of rotatable bonds is 3. The maximum Gasteiger partial charge on any atom is 0.0672 e. The van der Waals surface area contributed by atoms with Crippen molar-refractivity contribution < 1.29 is 0 Å². The van der Waals surface area contributed by atoms with Crippen LogP contribution in [-0.2, 0) is 0 Å². The maximum atomic E-state index is 9.03.